The molecule has 0 aromatic rings. The van der Waals surface area contributed by atoms with E-state index < -0.39 is 6.10 Å². The standard InChI is InChI=1S/C9H16O3/c1-9(2)5-4-6(10)7(9)8(11)12-3/h6-7,10H,4-5H2,1-3H3. The van der Waals surface area contributed by atoms with Crippen LogP contribution in [-0.2, 0) is 9.53 Å². The van der Waals surface area contributed by atoms with Crippen molar-refractivity contribution in [3.8, 4) is 0 Å². The first-order valence-corrected chi connectivity index (χ1v) is 4.25. The molecule has 1 saturated carbocycles. The highest BCUT2D eigenvalue weighted by Crippen LogP contribution is 2.43. The largest absolute Gasteiger partial charge is 0.469 e. The molecule has 1 N–H and O–H groups in total. The molecular formula is C9H16O3. The lowest BCUT2D eigenvalue weighted by Gasteiger charge is -2.25. The van der Waals surface area contributed by atoms with E-state index in [0.29, 0.717) is 6.42 Å². The molecule has 70 valence electrons. The molecule has 0 heterocycles. The van der Waals surface area contributed by atoms with Gasteiger partial charge in [-0.2, -0.15) is 0 Å². The first-order chi connectivity index (χ1) is 5.49. The molecule has 3 heteroatoms. The number of hydrogen-bond acceptors (Lipinski definition) is 3. The van der Waals surface area contributed by atoms with Crippen molar-refractivity contribution in [2.45, 2.75) is 32.8 Å². The number of hydrogen-bond donors (Lipinski definition) is 1. The van der Waals surface area contributed by atoms with E-state index in [4.69, 9.17) is 0 Å². The van der Waals surface area contributed by atoms with Crippen LogP contribution in [0.2, 0.25) is 0 Å². The molecule has 1 aliphatic rings. The molecule has 2 unspecified atom stereocenters. The number of ether oxygens (including phenoxy) is 1. The zero-order valence-corrected chi connectivity index (χ0v) is 7.83. The van der Waals surface area contributed by atoms with Crippen molar-refractivity contribution < 1.29 is 14.6 Å². The van der Waals surface area contributed by atoms with Gasteiger partial charge in [-0.25, -0.2) is 0 Å². The zero-order valence-electron chi connectivity index (χ0n) is 7.83. The number of esters is 1. The fourth-order valence-electron chi connectivity index (χ4n) is 1.97. The maximum absolute atomic E-state index is 11.3. The maximum Gasteiger partial charge on any atom is 0.311 e. The van der Waals surface area contributed by atoms with E-state index in [1.807, 2.05) is 13.8 Å². The highest BCUT2D eigenvalue weighted by molar-refractivity contribution is 5.74. The predicted molar refractivity (Wildman–Crippen MR) is 44.5 cm³/mol. The minimum Gasteiger partial charge on any atom is -0.469 e. The minimum absolute atomic E-state index is 0.119. The lowest BCUT2D eigenvalue weighted by atomic mass is 9.81. The van der Waals surface area contributed by atoms with Crippen molar-refractivity contribution in [1.29, 1.82) is 0 Å². The van der Waals surface area contributed by atoms with E-state index in [0.717, 1.165) is 6.42 Å². The minimum atomic E-state index is -0.521. The summed E-state index contributed by atoms with van der Waals surface area (Å²) in [5.74, 6) is -0.632. The van der Waals surface area contributed by atoms with Crippen molar-refractivity contribution in [3.05, 3.63) is 0 Å². The third-order valence-electron chi connectivity index (χ3n) is 2.77. The van der Waals surface area contributed by atoms with Crippen LogP contribution in [0.1, 0.15) is 26.7 Å². The third kappa shape index (κ3) is 1.46. The number of methoxy groups -OCH3 is 1. The van der Waals surface area contributed by atoms with Crippen molar-refractivity contribution in [2.24, 2.45) is 11.3 Å². The Morgan fingerprint density at radius 2 is 2.17 bits per heavy atom. The van der Waals surface area contributed by atoms with Crippen LogP contribution >= 0.6 is 0 Å². The Balaban J connectivity index is 2.78. The van der Waals surface area contributed by atoms with Gasteiger partial charge >= 0.3 is 5.97 Å². The maximum atomic E-state index is 11.3. The lowest BCUT2D eigenvalue weighted by Crippen LogP contribution is -2.33. The summed E-state index contributed by atoms with van der Waals surface area (Å²) < 4.78 is 4.64. The Morgan fingerprint density at radius 3 is 2.50 bits per heavy atom. The van der Waals surface area contributed by atoms with Crippen LogP contribution in [-0.4, -0.2) is 24.3 Å². The molecule has 1 fully saturated rings. The van der Waals surface area contributed by atoms with Crippen LogP contribution in [0.4, 0.5) is 0 Å². The normalized spacial score (nSPS) is 33.3. The van der Waals surface area contributed by atoms with Gasteiger partial charge in [-0.05, 0) is 18.3 Å². The Morgan fingerprint density at radius 1 is 1.58 bits per heavy atom. The van der Waals surface area contributed by atoms with Gasteiger partial charge in [0.2, 0.25) is 0 Å². The molecule has 0 aromatic carbocycles. The second-order valence-corrected chi connectivity index (χ2v) is 4.10. The van der Waals surface area contributed by atoms with Gasteiger partial charge in [0, 0.05) is 0 Å². The van der Waals surface area contributed by atoms with Crippen LogP contribution < -0.4 is 0 Å². The van der Waals surface area contributed by atoms with Gasteiger partial charge in [-0.15, -0.1) is 0 Å². The van der Waals surface area contributed by atoms with E-state index in [-0.39, 0.29) is 17.3 Å². The molecule has 1 aliphatic carbocycles. The van der Waals surface area contributed by atoms with Gasteiger partial charge in [0.15, 0.2) is 0 Å². The lowest BCUT2D eigenvalue weighted by molar-refractivity contribution is -0.152. The molecule has 0 bridgehead atoms. The van der Waals surface area contributed by atoms with Crippen molar-refractivity contribution in [1.82, 2.24) is 0 Å². The van der Waals surface area contributed by atoms with E-state index >= 15 is 0 Å². The van der Waals surface area contributed by atoms with E-state index in [1.165, 1.54) is 7.11 Å². The highest BCUT2D eigenvalue weighted by Gasteiger charge is 2.46. The number of carbonyl (C=O) groups excluding carboxylic acids is 1. The Labute approximate surface area is 72.7 Å². The summed E-state index contributed by atoms with van der Waals surface area (Å²) >= 11 is 0. The summed E-state index contributed by atoms with van der Waals surface area (Å²) in [6.45, 7) is 3.98. The highest BCUT2D eigenvalue weighted by atomic mass is 16.5. The quantitative estimate of drug-likeness (QED) is 0.599. The number of rotatable bonds is 1. The molecule has 0 aliphatic heterocycles. The number of aliphatic hydroxyl groups is 1. The van der Waals surface area contributed by atoms with E-state index in [1.54, 1.807) is 0 Å². The molecule has 0 radical (unpaired) electrons. The van der Waals surface area contributed by atoms with Crippen LogP contribution in [0, 0.1) is 11.3 Å². The third-order valence-corrected chi connectivity index (χ3v) is 2.77. The average molecular weight is 172 g/mol. The first kappa shape index (κ1) is 9.52. The Bertz CT molecular complexity index is 186. The van der Waals surface area contributed by atoms with Crippen LogP contribution in [0.25, 0.3) is 0 Å². The monoisotopic (exact) mass is 172 g/mol. The summed E-state index contributed by atoms with van der Waals surface area (Å²) in [6.07, 6.45) is 1.06. The predicted octanol–water partition coefficient (Wildman–Crippen LogP) is 0.956. The van der Waals surface area contributed by atoms with Gasteiger partial charge in [0.1, 0.15) is 0 Å². The topological polar surface area (TPSA) is 46.5 Å². The molecule has 3 nitrogen and oxygen atoms in total. The van der Waals surface area contributed by atoms with Crippen molar-refractivity contribution in [2.75, 3.05) is 7.11 Å². The molecular weight excluding hydrogens is 156 g/mol. The summed E-state index contributed by atoms with van der Waals surface area (Å²) in [6, 6.07) is 0. The number of carbonyl (C=O) groups is 1. The first-order valence-electron chi connectivity index (χ1n) is 4.25. The van der Waals surface area contributed by atoms with Crippen LogP contribution in [0.5, 0.6) is 0 Å². The summed E-state index contributed by atoms with van der Waals surface area (Å²) in [4.78, 5) is 11.3. The SMILES string of the molecule is COC(=O)C1C(O)CCC1(C)C. The second-order valence-electron chi connectivity index (χ2n) is 4.10. The molecule has 12 heavy (non-hydrogen) atoms. The summed E-state index contributed by atoms with van der Waals surface area (Å²) in [5, 5.41) is 9.53. The average Bonchev–Trinajstić information content (AvgIpc) is 2.25. The second kappa shape index (κ2) is 3.05. The Kier molecular flexibility index (Phi) is 2.42. The van der Waals surface area contributed by atoms with Gasteiger partial charge in [-0.3, -0.25) is 4.79 Å². The molecule has 0 amide bonds. The van der Waals surface area contributed by atoms with Gasteiger partial charge in [-0.1, -0.05) is 13.8 Å². The summed E-state index contributed by atoms with van der Waals surface area (Å²) in [7, 11) is 1.36. The van der Waals surface area contributed by atoms with E-state index in [9.17, 15) is 9.90 Å². The van der Waals surface area contributed by atoms with Crippen molar-refractivity contribution >= 4 is 5.97 Å². The van der Waals surface area contributed by atoms with E-state index in [2.05, 4.69) is 4.74 Å². The molecule has 0 saturated heterocycles. The van der Waals surface area contributed by atoms with Gasteiger partial charge in [0.05, 0.1) is 19.1 Å². The Hall–Kier alpha value is -0.570. The fraction of sp³-hybridized carbons (Fsp3) is 0.889. The van der Waals surface area contributed by atoms with Gasteiger partial charge in [0.25, 0.3) is 0 Å². The molecule has 0 aromatic heterocycles. The van der Waals surface area contributed by atoms with Crippen LogP contribution in [0.15, 0.2) is 0 Å². The summed E-state index contributed by atoms with van der Waals surface area (Å²) in [5.41, 5.74) is -0.119. The van der Waals surface area contributed by atoms with Gasteiger partial charge < -0.3 is 9.84 Å². The molecule has 2 atom stereocenters. The van der Waals surface area contributed by atoms with Crippen molar-refractivity contribution in [3.63, 3.8) is 0 Å². The fourth-order valence-corrected chi connectivity index (χ4v) is 1.97. The smallest absolute Gasteiger partial charge is 0.311 e. The zero-order chi connectivity index (χ0) is 9.35. The molecule has 1 rings (SSSR count). The van der Waals surface area contributed by atoms with Crippen LogP contribution in [0.3, 0.4) is 0 Å². The molecule has 0 spiro atoms. The number of aliphatic hydroxyl groups excluding tert-OH is 1.